The lowest BCUT2D eigenvalue weighted by atomic mass is 10.1. The molecule has 156 valence electrons. The van der Waals surface area contributed by atoms with Crippen molar-refractivity contribution >= 4 is 11.8 Å². The molecule has 9 nitrogen and oxygen atoms in total. The summed E-state index contributed by atoms with van der Waals surface area (Å²) in [6.07, 6.45) is 6.04. The Balaban J connectivity index is 1.58. The van der Waals surface area contributed by atoms with Gasteiger partial charge in [-0.3, -0.25) is 14.4 Å². The van der Waals surface area contributed by atoms with Gasteiger partial charge in [-0.2, -0.15) is 10.2 Å². The zero-order valence-electron chi connectivity index (χ0n) is 16.6. The van der Waals surface area contributed by atoms with Crippen molar-refractivity contribution in [3.63, 3.8) is 0 Å². The van der Waals surface area contributed by atoms with Gasteiger partial charge in [-0.25, -0.2) is 9.48 Å². The maximum atomic E-state index is 12.4. The molecule has 0 bridgehead atoms. The summed E-state index contributed by atoms with van der Waals surface area (Å²) in [6, 6.07) is 8.65. The summed E-state index contributed by atoms with van der Waals surface area (Å²) in [5.74, 6) is 0. The van der Waals surface area contributed by atoms with E-state index < -0.39 is 6.09 Å². The first-order chi connectivity index (χ1) is 14.5. The van der Waals surface area contributed by atoms with Crippen LogP contribution in [0.5, 0.6) is 0 Å². The maximum Gasteiger partial charge on any atom is 0.411 e. The maximum absolute atomic E-state index is 12.4. The molecular weight excluding hydrogens is 386 g/mol. The van der Waals surface area contributed by atoms with Crippen LogP contribution >= 0.6 is 0 Å². The highest BCUT2D eigenvalue weighted by Crippen LogP contribution is 2.21. The number of hydrogen-bond donors (Lipinski definition) is 1. The first-order valence-corrected chi connectivity index (χ1v) is 9.78. The number of carbonyl (C=O) groups is 1. The van der Waals surface area contributed by atoms with Crippen LogP contribution in [0.4, 0.5) is 10.5 Å². The van der Waals surface area contributed by atoms with Crippen molar-refractivity contribution < 1.29 is 14.6 Å². The molecule has 4 rings (SSSR count). The number of hydrogen-bond acceptors (Lipinski definition) is 5. The molecule has 0 saturated carbocycles. The van der Waals surface area contributed by atoms with Crippen LogP contribution in [0.15, 0.2) is 53.7 Å². The molecule has 9 heteroatoms. The molecule has 30 heavy (non-hydrogen) atoms. The number of amides is 1. The molecule has 1 aliphatic heterocycles. The van der Waals surface area contributed by atoms with Crippen LogP contribution in [0.25, 0.3) is 5.69 Å². The summed E-state index contributed by atoms with van der Waals surface area (Å²) < 4.78 is 8.85. The van der Waals surface area contributed by atoms with E-state index in [-0.39, 0.29) is 18.1 Å². The predicted molar refractivity (Wildman–Crippen MR) is 110 cm³/mol. The van der Waals surface area contributed by atoms with Crippen molar-refractivity contribution in [3.05, 3.63) is 70.4 Å². The van der Waals surface area contributed by atoms with Gasteiger partial charge in [-0.1, -0.05) is 12.1 Å². The predicted octanol–water partition coefficient (Wildman–Crippen LogP) is 2.22. The fourth-order valence-electron chi connectivity index (χ4n) is 3.55. The Morgan fingerprint density at radius 3 is 2.93 bits per heavy atom. The molecule has 3 aromatic rings. The van der Waals surface area contributed by atoms with Gasteiger partial charge in [-0.05, 0) is 30.5 Å². The molecular formula is C21H23N5O4. The third kappa shape index (κ3) is 4.41. The molecule has 2 aromatic heterocycles. The van der Waals surface area contributed by atoms with Gasteiger partial charge in [0.25, 0.3) is 0 Å². The smallest absolute Gasteiger partial charge is 0.411 e. The quantitative estimate of drug-likeness (QED) is 0.670. The van der Waals surface area contributed by atoms with Crippen LogP contribution in [0.2, 0.25) is 0 Å². The topological polar surface area (TPSA) is 102 Å². The molecule has 1 N–H and O–H groups in total. The van der Waals surface area contributed by atoms with Crippen LogP contribution in [-0.2, 0) is 18.2 Å². The van der Waals surface area contributed by atoms with E-state index in [4.69, 9.17) is 4.74 Å². The molecule has 0 spiro atoms. The normalized spacial score (nSPS) is 16.0. The van der Waals surface area contributed by atoms with E-state index in [0.717, 1.165) is 24.1 Å². The van der Waals surface area contributed by atoms with Gasteiger partial charge >= 0.3 is 6.09 Å². The van der Waals surface area contributed by atoms with Gasteiger partial charge in [-0.15, -0.1) is 0 Å². The Morgan fingerprint density at radius 2 is 2.23 bits per heavy atom. The lowest BCUT2D eigenvalue weighted by Gasteiger charge is -2.23. The summed E-state index contributed by atoms with van der Waals surface area (Å²) in [5, 5.41) is 18.2. The molecule has 3 heterocycles. The molecule has 1 aromatic carbocycles. The van der Waals surface area contributed by atoms with Crippen LogP contribution in [-0.4, -0.2) is 50.0 Å². The average Bonchev–Trinajstić information content (AvgIpc) is 3.39. The zero-order valence-corrected chi connectivity index (χ0v) is 16.6. The summed E-state index contributed by atoms with van der Waals surface area (Å²) in [5.41, 5.74) is 2.31. The van der Waals surface area contributed by atoms with Crippen molar-refractivity contribution in [2.45, 2.75) is 25.4 Å². The van der Waals surface area contributed by atoms with E-state index in [1.54, 1.807) is 46.2 Å². The first kappa shape index (κ1) is 19.8. The van der Waals surface area contributed by atoms with E-state index in [1.807, 2.05) is 13.1 Å². The molecule has 1 amide bonds. The molecule has 1 fully saturated rings. The minimum atomic E-state index is -1.03. The molecule has 1 aliphatic rings. The van der Waals surface area contributed by atoms with Crippen LogP contribution in [0, 0.1) is 0 Å². The van der Waals surface area contributed by atoms with Crippen molar-refractivity contribution in [2.75, 3.05) is 18.1 Å². The molecule has 0 aliphatic carbocycles. The highest BCUT2D eigenvalue weighted by atomic mass is 16.5. The highest BCUT2D eigenvalue weighted by Gasteiger charge is 2.23. The number of rotatable bonds is 6. The Morgan fingerprint density at radius 1 is 1.37 bits per heavy atom. The largest absolute Gasteiger partial charge is 0.465 e. The van der Waals surface area contributed by atoms with Gasteiger partial charge in [0.05, 0.1) is 25.0 Å². The monoisotopic (exact) mass is 409 g/mol. The van der Waals surface area contributed by atoms with E-state index in [9.17, 15) is 14.7 Å². The number of ether oxygens (including phenoxy) is 1. The van der Waals surface area contributed by atoms with E-state index in [0.29, 0.717) is 24.4 Å². The van der Waals surface area contributed by atoms with E-state index in [1.165, 1.54) is 11.0 Å². The SMILES string of the molecule is Cn1cc(-n2ccc(=O)c(Cc3cccc(N(CC4CCCO4)C(=O)O)c3)n2)cn1. The molecule has 0 radical (unpaired) electrons. The fraction of sp³-hybridized carbons (Fsp3) is 0.333. The number of anilines is 1. The molecule has 1 atom stereocenters. The number of aryl methyl sites for hydroxylation is 1. The summed E-state index contributed by atoms with van der Waals surface area (Å²) >= 11 is 0. The summed E-state index contributed by atoms with van der Waals surface area (Å²) in [7, 11) is 1.81. The Kier molecular flexibility index (Phi) is 5.62. The lowest BCUT2D eigenvalue weighted by molar-refractivity contribution is 0.114. The number of benzene rings is 1. The second-order valence-corrected chi connectivity index (χ2v) is 7.32. The number of aromatic nitrogens is 4. The zero-order chi connectivity index (χ0) is 21.1. The Hall–Kier alpha value is -3.46. The molecule has 1 unspecified atom stereocenters. The Bertz CT molecular complexity index is 1100. The fourth-order valence-corrected chi connectivity index (χ4v) is 3.55. The third-order valence-electron chi connectivity index (χ3n) is 5.07. The standard InChI is InChI=1S/C21H23N5O4/c1-24-13-17(12-22-24)26-8-7-20(27)19(23-26)11-15-4-2-5-16(10-15)25(21(28)29)14-18-6-3-9-30-18/h2,4-5,7-8,10,12-13,18H,3,6,9,11,14H2,1H3,(H,28,29). The first-order valence-electron chi connectivity index (χ1n) is 9.78. The van der Waals surface area contributed by atoms with Crippen LogP contribution < -0.4 is 10.3 Å². The van der Waals surface area contributed by atoms with Gasteiger partial charge in [0.15, 0.2) is 0 Å². The van der Waals surface area contributed by atoms with Gasteiger partial charge < -0.3 is 9.84 Å². The minimum absolute atomic E-state index is 0.0905. The summed E-state index contributed by atoms with van der Waals surface area (Å²) in [4.78, 5) is 25.5. The van der Waals surface area contributed by atoms with Gasteiger partial charge in [0.1, 0.15) is 11.4 Å². The van der Waals surface area contributed by atoms with E-state index in [2.05, 4.69) is 10.2 Å². The number of carboxylic acid groups (broad SMARTS) is 1. The van der Waals surface area contributed by atoms with Crippen LogP contribution in [0.1, 0.15) is 24.1 Å². The van der Waals surface area contributed by atoms with E-state index >= 15 is 0 Å². The Labute approximate surface area is 173 Å². The number of nitrogens with zero attached hydrogens (tertiary/aromatic N) is 5. The van der Waals surface area contributed by atoms with Gasteiger partial charge in [0.2, 0.25) is 5.43 Å². The summed E-state index contributed by atoms with van der Waals surface area (Å²) in [6.45, 7) is 0.956. The third-order valence-corrected chi connectivity index (χ3v) is 5.07. The second kappa shape index (κ2) is 8.50. The van der Waals surface area contributed by atoms with Gasteiger partial charge in [0, 0.05) is 38.0 Å². The second-order valence-electron chi connectivity index (χ2n) is 7.32. The van der Waals surface area contributed by atoms with Crippen molar-refractivity contribution in [2.24, 2.45) is 7.05 Å². The van der Waals surface area contributed by atoms with Crippen molar-refractivity contribution in [1.29, 1.82) is 0 Å². The van der Waals surface area contributed by atoms with Crippen molar-refractivity contribution in [1.82, 2.24) is 19.6 Å². The highest BCUT2D eigenvalue weighted by molar-refractivity contribution is 5.86. The van der Waals surface area contributed by atoms with Crippen LogP contribution in [0.3, 0.4) is 0 Å². The minimum Gasteiger partial charge on any atom is -0.465 e. The molecule has 1 saturated heterocycles. The van der Waals surface area contributed by atoms with Crippen molar-refractivity contribution in [3.8, 4) is 5.69 Å². The lowest BCUT2D eigenvalue weighted by Crippen LogP contribution is -2.36. The average molecular weight is 409 g/mol.